The average molecular weight is 449 g/mol. The van der Waals surface area contributed by atoms with Gasteiger partial charge in [0.15, 0.2) is 0 Å². The van der Waals surface area contributed by atoms with E-state index < -0.39 is 6.04 Å². The summed E-state index contributed by atoms with van der Waals surface area (Å²) in [6, 6.07) is 10.1. The molecule has 1 aromatic carbocycles. The molecule has 0 saturated heterocycles. The molecule has 0 radical (unpaired) electrons. The Morgan fingerprint density at radius 1 is 1.31 bits per heavy atom. The number of aryl methyl sites for hydroxylation is 1. The molecule has 0 fully saturated rings. The molecule has 0 bridgehead atoms. The van der Waals surface area contributed by atoms with Gasteiger partial charge in [0.1, 0.15) is 17.5 Å². The maximum absolute atomic E-state index is 13.2. The molecular weight excluding hydrogens is 428 g/mol. The van der Waals surface area contributed by atoms with E-state index in [1.54, 1.807) is 31.8 Å². The third-order valence-corrected chi connectivity index (χ3v) is 5.76. The number of benzene rings is 1. The second kappa shape index (κ2) is 9.05. The van der Waals surface area contributed by atoms with Gasteiger partial charge >= 0.3 is 0 Å². The van der Waals surface area contributed by atoms with Gasteiger partial charge in [0.2, 0.25) is 0 Å². The number of pyridine rings is 1. The van der Waals surface area contributed by atoms with E-state index in [0.717, 1.165) is 16.3 Å². The lowest BCUT2D eigenvalue weighted by atomic mass is 10.2. The molecule has 3 heterocycles. The summed E-state index contributed by atoms with van der Waals surface area (Å²) in [5.41, 5.74) is 2.41. The molecule has 1 atom stereocenters. The van der Waals surface area contributed by atoms with Crippen LogP contribution in [-0.2, 0) is 0 Å². The Morgan fingerprint density at radius 3 is 2.78 bits per heavy atom. The molecule has 0 saturated carbocycles. The van der Waals surface area contributed by atoms with Crippen LogP contribution >= 0.6 is 11.5 Å². The number of nitrogens with zero attached hydrogens (tertiary/aromatic N) is 5. The van der Waals surface area contributed by atoms with Crippen molar-refractivity contribution in [3.05, 3.63) is 81.7 Å². The number of rotatable bonds is 7. The quantitative estimate of drug-likeness (QED) is 0.446. The minimum Gasteiger partial charge on any atom is -0.494 e. The topological polar surface area (TPSA) is 118 Å². The van der Waals surface area contributed by atoms with Gasteiger partial charge in [-0.15, -0.1) is 0 Å². The van der Waals surface area contributed by atoms with Crippen LogP contribution in [0.4, 0.5) is 11.4 Å². The second-order valence-electron chi connectivity index (χ2n) is 7.01. The smallest absolute Gasteiger partial charge is 0.274 e. The van der Waals surface area contributed by atoms with Crippen LogP contribution in [0.15, 0.2) is 60.0 Å². The van der Waals surface area contributed by atoms with Crippen molar-refractivity contribution in [2.75, 3.05) is 19.0 Å². The number of nitriles is 1. The highest BCUT2D eigenvalue weighted by atomic mass is 32.1. The Bertz CT molecular complexity index is 1340. The first-order valence-corrected chi connectivity index (χ1v) is 10.4. The average Bonchev–Trinajstić information content (AvgIpc) is 3.48. The van der Waals surface area contributed by atoms with Crippen LogP contribution in [0.2, 0.25) is 0 Å². The maximum atomic E-state index is 13.2. The number of hydrogen-bond donors (Lipinski definition) is 2. The fourth-order valence-electron chi connectivity index (χ4n) is 3.37. The minimum absolute atomic E-state index is 0.209. The molecule has 0 amide bonds. The maximum Gasteiger partial charge on any atom is 0.274 e. The molecule has 0 spiro atoms. The Morgan fingerprint density at radius 2 is 2.16 bits per heavy atom. The van der Waals surface area contributed by atoms with Gasteiger partial charge in [-0.25, -0.2) is 9.36 Å². The van der Waals surface area contributed by atoms with Gasteiger partial charge in [-0.3, -0.25) is 4.79 Å². The minimum atomic E-state index is -0.634. The van der Waals surface area contributed by atoms with E-state index in [1.165, 1.54) is 28.4 Å². The first-order valence-electron chi connectivity index (χ1n) is 9.67. The molecule has 4 rings (SSSR count). The van der Waals surface area contributed by atoms with Crippen molar-refractivity contribution in [2.24, 2.45) is 0 Å². The molecule has 162 valence electrons. The summed E-state index contributed by atoms with van der Waals surface area (Å²) < 4.78 is 12.8. The zero-order valence-electron chi connectivity index (χ0n) is 17.4. The second-order valence-corrected chi connectivity index (χ2v) is 7.88. The molecule has 2 N–H and O–H groups in total. The number of methoxy groups -OCH3 is 1. The zero-order chi connectivity index (χ0) is 22.7. The van der Waals surface area contributed by atoms with E-state index in [2.05, 4.69) is 20.7 Å². The largest absolute Gasteiger partial charge is 0.494 e. The van der Waals surface area contributed by atoms with E-state index in [0.29, 0.717) is 11.4 Å². The molecule has 3 aromatic heterocycles. The number of aliphatic hydroxyl groups is 1. The van der Waals surface area contributed by atoms with Crippen LogP contribution in [0, 0.1) is 18.3 Å². The van der Waals surface area contributed by atoms with Gasteiger partial charge in [-0.1, -0.05) is 0 Å². The van der Waals surface area contributed by atoms with Gasteiger partial charge < -0.3 is 24.3 Å². The van der Waals surface area contributed by atoms with Crippen molar-refractivity contribution in [1.82, 2.24) is 18.5 Å². The molecule has 0 aliphatic rings. The number of aliphatic hydroxyl groups excluding tert-OH is 1. The van der Waals surface area contributed by atoms with Gasteiger partial charge in [-0.05, 0) is 42.7 Å². The van der Waals surface area contributed by atoms with E-state index >= 15 is 0 Å². The van der Waals surface area contributed by atoms with Crippen LogP contribution < -0.4 is 15.6 Å². The molecule has 0 aliphatic carbocycles. The molecular formula is C22H20N6O3S. The highest BCUT2D eigenvalue weighted by Crippen LogP contribution is 2.28. The number of imidazole rings is 1. The predicted octanol–water partition coefficient (Wildman–Crippen LogP) is 3.00. The Balaban J connectivity index is 1.73. The summed E-state index contributed by atoms with van der Waals surface area (Å²) >= 11 is 1.19. The summed E-state index contributed by atoms with van der Waals surface area (Å²) in [5.74, 6) is 0.585. The van der Waals surface area contributed by atoms with Crippen LogP contribution in [0.1, 0.15) is 22.2 Å². The van der Waals surface area contributed by atoms with Crippen molar-refractivity contribution in [1.29, 1.82) is 5.26 Å². The molecule has 32 heavy (non-hydrogen) atoms. The summed E-state index contributed by atoms with van der Waals surface area (Å²) in [5, 5.41) is 22.5. The molecule has 4 aromatic rings. The number of hydrogen-bond acceptors (Lipinski definition) is 8. The fraction of sp³-hybridized carbons (Fsp3) is 0.182. The lowest BCUT2D eigenvalue weighted by Gasteiger charge is -2.18. The van der Waals surface area contributed by atoms with Crippen molar-refractivity contribution < 1.29 is 9.84 Å². The van der Waals surface area contributed by atoms with Crippen LogP contribution in [0.3, 0.4) is 0 Å². The summed E-state index contributed by atoms with van der Waals surface area (Å²) in [6.45, 7) is 1.60. The van der Waals surface area contributed by atoms with Gasteiger partial charge in [0, 0.05) is 30.3 Å². The summed E-state index contributed by atoms with van der Waals surface area (Å²) in [6.07, 6.45) is 6.63. The lowest BCUT2D eigenvalue weighted by molar-refractivity contribution is 0.249. The van der Waals surface area contributed by atoms with Gasteiger partial charge in [0.05, 0.1) is 47.9 Å². The number of aromatic nitrogens is 4. The highest BCUT2D eigenvalue weighted by Gasteiger charge is 2.19. The van der Waals surface area contributed by atoms with E-state index in [-0.39, 0.29) is 23.4 Å². The number of anilines is 2. The van der Waals surface area contributed by atoms with Crippen LogP contribution in [0.25, 0.3) is 5.69 Å². The van der Waals surface area contributed by atoms with E-state index in [1.807, 2.05) is 29.8 Å². The van der Waals surface area contributed by atoms with Gasteiger partial charge in [-0.2, -0.15) is 5.26 Å². The fourth-order valence-corrected chi connectivity index (χ4v) is 4.05. The van der Waals surface area contributed by atoms with Crippen molar-refractivity contribution in [3.8, 4) is 17.5 Å². The highest BCUT2D eigenvalue weighted by molar-refractivity contribution is 7.05. The zero-order valence-corrected chi connectivity index (χ0v) is 18.2. The Labute approximate surface area is 188 Å². The first-order chi connectivity index (χ1) is 15.5. The van der Waals surface area contributed by atoms with Crippen LogP contribution in [0.5, 0.6) is 5.75 Å². The van der Waals surface area contributed by atoms with Crippen LogP contribution in [-0.4, -0.2) is 37.3 Å². The lowest BCUT2D eigenvalue weighted by Crippen LogP contribution is -2.28. The molecule has 9 nitrogen and oxygen atoms in total. The standard InChI is InChI=1S/C22H20N6O3S/c1-14-10-27(13-24-14)18-4-3-16(8-20(18)31-2)26-17-7-15(9-23)11-28(22(17)30)19(12-29)21-5-6-25-32-21/h3-8,10-11,13,19,26,29H,12H2,1-2H3/t19-/m0/s1. The number of ether oxygens (including phenoxy) is 1. The predicted molar refractivity (Wildman–Crippen MR) is 121 cm³/mol. The van der Waals surface area contributed by atoms with E-state index in [9.17, 15) is 15.2 Å². The van der Waals surface area contributed by atoms with Crippen molar-refractivity contribution >= 4 is 22.9 Å². The summed E-state index contributed by atoms with van der Waals surface area (Å²) in [7, 11) is 1.57. The number of nitrogens with one attached hydrogen (secondary N) is 1. The van der Waals surface area contributed by atoms with Crippen molar-refractivity contribution in [2.45, 2.75) is 13.0 Å². The van der Waals surface area contributed by atoms with Gasteiger partial charge in [0.25, 0.3) is 5.56 Å². The SMILES string of the molecule is COc1cc(Nc2cc(C#N)cn([C@@H](CO)c3ccns3)c2=O)ccc1-n1cnc(C)c1. The molecule has 0 aliphatic heterocycles. The first kappa shape index (κ1) is 21.3. The van der Waals surface area contributed by atoms with E-state index in [4.69, 9.17) is 4.74 Å². The third kappa shape index (κ3) is 4.12. The Hall–Kier alpha value is -3.94. The monoisotopic (exact) mass is 448 g/mol. The third-order valence-electron chi connectivity index (χ3n) is 4.92. The Kier molecular flexibility index (Phi) is 6.02. The molecule has 0 unspecified atom stereocenters. The summed E-state index contributed by atoms with van der Waals surface area (Å²) in [4.78, 5) is 18.2. The van der Waals surface area contributed by atoms with Crippen molar-refractivity contribution in [3.63, 3.8) is 0 Å². The molecule has 10 heteroatoms. The normalized spacial score (nSPS) is 11.7.